The SMILES string of the molecule is CCCCCC(=O)NCC1(C)CCC[C@]2(C)C3CCC(C(C)C)CC3CCC12. The third-order valence-electron chi connectivity index (χ3n) is 9.44. The molecule has 1 N–H and O–H groups in total. The Morgan fingerprint density at radius 3 is 2.57 bits per heavy atom. The van der Waals surface area contributed by atoms with Gasteiger partial charge in [-0.3, -0.25) is 4.79 Å². The lowest BCUT2D eigenvalue weighted by atomic mass is 9.43. The van der Waals surface area contributed by atoms with Crippen LogP contribution in [0.2, 0.25) is 0 Å². The van der Waals surface area contributed by atoms with Crippen LogP contribution in [0.1, 0.15) is 112 Å². The van der Waals surface area contributed by atoms with Crippen LogP contribution in [0.25, 0.3) is 0 Å². The van der Waals surface area contributed by atoms with Crippen LogP contribution < -0.4 is 5.32 Å². The third kappa shape index (κ3) is 4.46. The number of amides is 1. The van der Waals surface area contributed by atoms with Crippen molar-refractivity contribution in [3.63, 3.8) is 0 Å². The summed E-state index contributed by atoms with van der Waals surface area (Å²) in [5, 5.41) is 3.36. The minimum atomic E-state index is 0.285. The number of unbranched alkanes of at least 4 members (excludes halogenated alkanes) is 2. The fourth-order valence-corrected chi connectivity index (χ4v) is 7.75. The smallest absolute Gasteiger partial charge is 0.220 e. The molecule has 3 rings (SSSR count). The van der Waals surface area contributed by atoms with E-state index in [0.717, 1.165) is 42.6 Å². The van der Waals surface area contributed by atoms with Crippen molar-refractivity contribution in [2.45, 2.75) is 112 Å². The Kier molecular flexibility index (Phi) is 7.19. The lowest BCUT2D eigenvalue weighted by molar-refractivity contribution is -0.130. The van der Waals surface area contributed by atoms with Gasteiger partial charge in [-0.05, 0) is 91.8 Å². The zero-order valence-corrected chi connectivity index (χ0v) is 19.5. The molecule has 28 heavy (non-hydrogen) atoms. The van der Waals surface area contributed by atoms with Gasteiger partial charge in [0.1, 0.15) is 0 Å². The fraction of sp³-hybridized carbons (Fsp3) is 0.962. The van der Waals surface area contributed by atoms with Gasteiger partial charge in [-0.2, -0.15) is 0 Å². The minimum Gasteiger partial charge on any atom is -0.356 e. The van der Waals surface area contributed by atoms with E-state index in [4.69, 9.17) is 0 Å². The second kappa shape index (κ2) is 9.09. The molecule has 0 heterocycles. The Hall–Kier alpha value is -0.530. The zero-order valence-electron chi connectivity index (χ0n) is 19.5. The van der Waals surface area contributed by atoms with Crippen LogP contribution in [0.15, 0.2) is 0 Å². The van der Waals surface area contributed by atoms with E-state index in [1.54, 1.807) is 0 Å². The van der Waals surface area contributed by atoms with Crippen molar-refractivity contribution in [2.24, 2.45) is 40.4 Å². The highest BCUT2D eigenvalue weighted by atomic mass is 16.1. The van der Waals surface area contributed by atoms with Crippen molar-refractivity contribution < 1.29 is 4.79 Å². The summed E-state index contributed by atoms with van der Waals surface area (Å²) in [7, 11) is 0. The quantitative estimate of drug-likeness (QED) is 0.468. The van der Waals surface area contributed by atoms with Gasteiger partial charge in [0.15, 0.2) is 0 Å². The largest absolute Gasteiger partial charge is 0.356 e. The third-order valence-corrected chi connectivity index (χ3v) is 9.44. The standard InChI is InChI=1S/C26H47NO/c1-6-7-8-10-24(28)27-18-25(4)15-9-16-26(5)22-13-11-20(19(2)3)17-21(22)12-14-23(25)26/h19-23H,6-18H2,1-5H3,(H,27,28)/t20?,21?,22?,23?,25?,26-/m1/s1. The van der Waals surface area contributed by atoms with E-state index in [9.17, 15) is 4.79 Å². The highest BCUT2D eigenvalue weighted by Crippen LogP contribution is 2.64. The molecule has 2 heteroatoms. The zero-order chi connectivity index (χ0) is 20.4. The fourth-order valence-electron chi connectivity index (χ4n) is 7.75. The van der Waals surface area contributed by atoms with E-state index in [0.29, 0.717) is 17.3 Å². The summed E-state index contributed by atoms with van der Waals surface area (Å²) in [6.07, 6.45) is 15.4. The van der Waals surface area contributed by atoms with Gasteiger partial charge in [0.05, 0.1) is 0 Å². The van der Waals surface area contributed by atoms with Crippen molar-refractivity contribution in [1.29, 1.82) is 0 Å². The molecule has 2 nitrogen and oxygen atoms in total. The molecular formula is C26H47NO. The topological polar surface area (TPSA) is 29.1 Å². The summed E-state index contributed by atoms with van der Waals surface area (Å²) in [4.78, 5) is 12.4. The maximum absolute atomic E-state index is 12.4. The molecule has 0 bridgehead atoms. The number of hydrogen-bond donors (Lipinski definition) is 1. The Morgan fingerprint density at radius 2 is 1.86 bits per heavy atom. The van der Waals surface area contributed by atoms with Crippen molar-refractivity contribution in [2.75, 3.05) is 6.54 Å². The van der Waals surface area contributed by atoms with Gasteiger partial charge in [-0.25, -0.2) is 0 Å². The van der Waals surface area contributed by atoms with Gasteiger partial charge >= 0.3 is 0 Å². The van der Waals surface area contributed by atoms with Gasteiger partial charge in [-0.1, -0.05) is 53.9 Å². The molecule has 0 spiro atoms. The Balaban J connectivity index is 1.65. The maximum Gasteiger partial charge on any atom is 0.220 e. The first-order valence-corrected chi connectivity index (χ1v) is 12.6. The summed E-state index contributed by atoms with van der Waals surface area (Å²) in [6.45, 7) is 13.1. The summed E-state index contributed by atoms with van der Waals surface area (Å²) >= 11 is 0. The predicted molar refractivity (Wildman–Crippen MR) is 119 cm³/mol. The van der Waals surface area contributed by atoms with Crippen LogP contribution in [-0.4, -0.2) is 12.5 Å². The second-order valence-electron chi connectivity index (χ2n) is 11.6. The number of hydrogen-bond acceptors (Lipinski definition) is 1. The van der Waals surface area contributed by atoms with Crippen molar-refractivity contribution in [3.8, 4) is 0 Å². The van der Waals surface area contributed by atoms with Gasteiger partial charge in [0, 0.05) is 13.0 Å². The Morgan fingerprint density at radius 1 is 1.07 bits per heavy atom. The molecule has 0 aromatic rings. The Labute approximate surface area is 175 Å². The van der Waals surface area contributed by atoms with Gasteiger partial charge in [-0.15, -0.1) is 0 Å². The average Bonchev–Trinajstić information content (AvgIpc) is 2.66. The van der Waals surface area contributed by atoms with Crippen LogP contribution >= 0.6 is 0 Å². The molecule has 0 radical (unpaired) electrons. The van der Waals surface area contributed by atoms with Crippen LogP contribution in [0.4, 0.5) is 0 Å². The van der Waals surface area contributed by atoms with E-state index in [1.807, 2.05) is 0 Å². The number of carbonyl (C=O) groups is 1. The van der Waals surface area contributed by atoms with Gasteiger partial charge in [0.25, 0.3) is 0 Å². The molecule has 0 aromatic carbocycles. The molecule has 1 amide bonds. The monoisotopic (exact) mass is 389 g/mol. The molecule has 3 fully saturated rings. The van der Waals surface area contributed by atoms with Crippen molar-refractivity contribution in [1.82, 2.24) is 5.32 Å². The summed E-state index contributed by atoms with van der Waals surface area (Å²) in [5.74, 6) is 4.79. The van der Waals surface area contributed by atoms with Crippen LogP contribution in [0, 0.1) is 40.4 Å². The van der Waals surface area contributed by atoms with Crippen LogP contribution in [-0.2, 0) is 4.79 Å². The van der Waals surface area contributed by atoms with Crippen molar-refractivity contribution in [3.05, 3.63) is 0 Å². The van der Waals surface area contributed by atoms with E-state index in [-0.39, 0.29) is 5.91 Å². The van der Waals surface area contributed by atoms with E-state index < -0.39 is 0 Å². The Bertz CT molecular complexity index is 529. The molecule has 0 aliphatic heterocycles. The normalized spacial score (nSPS) is 40.6. The number of nitrogens with one attached hydrogen (secondary N) is 1. The molecule has 3 saturated carbocycles. The molecular weight excluding hydrogens is 342 g/mol. The minimum absolute atomic E-state index is 0.285. The molecule has 6 atom stereocenters. The molecule has 3 aliphatic carbocycles. The average molecular weight is 390 g/mol. The number of fused-ring (bicyclic) bond motifs is 3. The highest BCUT2D eigenvalue weighted by Gasteiger charge is 2.56. The highest BCUT2D eigenvalue weighted by molar-refractivity contribution is 5.75. The summed E-state index contributed by atoms with van der Waals surface area (Å²) in [6, 6.07) is 0. The maximum atomic E-state index is 12.4. The summed E-state index contributed by atoms with van der Waals surface area (Å²) < 4.78 is 0. The van der Waals surface area contributed by atoms with Crippen LogP contribution in [0.5, 0.6) is 0 Å². The molecule has 3 aliphatic rings. The van der Waals surface area contributed by atoms with Crippen molar-refractivity contribution >= 4 is 5.91 Å². The lowest BCUT2D eigenvalue weighted by Gasteiger charge is -2.62. The number of rotatable bonds is 7. The summed E-state index contributed by atoms with van der Waals surface area (Å²) in [5.41, 5.74) is 0.804. The second-order valence-corrected chi connectivity index (χ2v) is 11.6. The first-order chi connectivity index (χ1) is 13.3. The van der Waals surface area contributed by atoms with Gasteiger partial charge in [0.2, 0.25) is 5.91 Å². The lowest BCUT2D eigenvalue weighted by Crippen LogP contribution is -2.56. The predicted octanol–water partition coefficient (Wildman–Crippen LogP) is 6.98. The van der Waals surface area contributed by atoms with Crippen LogP contribution in [0.3, 0.4) is 0 Å². The van der Waals surface area contributed by atoms with Gasteiger partial charge < -0.3 is 5.32 Å². The molecule has 0 aromatic heterocycles. The molecule has 0 saturated heterocycles. The number of carbonyl (C=O) groups excluding carboxylic acids is 1. The van der Waals surface area contributed by atoms with E-state index in [2.05, 4.69) is 39.9 Å². The molecule has 5 unspecified atom stereocenters. The first-order valence-electron chi connectivity index (χ1n) is 12.6. The molecule has 162 valence electrons. The van der Waals surface area contributed by atoms with E-state index in [1.165, 1.54) is 64.2 Å². The van der Waals surface area contributed by atoms with E-state index >= 15 is 0 Å². The first kappa shape index (κ1) is 22.2.